The maximum atomic E-state index is 11.9. The molecule has 1 saturated heterocycles. The van der Waals surface area contributed by atoms with Gasteiger partial charge in [0.25, 0.3) is 0 Å². The largest absolute Gasteiger partial charge is 0.314 e. The van der Waals surface area contributed by atoms with Gasteiger partial charge in [0.1, 0.15) is 5.78 Å². The van der Waals surface area contributed by atoms with Crippen LogP contribution in [0.25, 0.3) is 0 Å². The molecule has 1 aliphatic rings. The van der Waals surface area contributed by atoms with Crippen LogP contribution in [0.2, 0.25) is 0 Å². The van der Waals surface area contributed by atoms with Gasteiger partial charge < -0.3 is 5.32 Å². The van der Waals surface area contributed by atoms with Gasteiger partial charge in [-0.05, 0) is 26.0 Å². The van der Waals surface area contributed by atoms with Crippen LogP contribution in [0.4, 0.5) is 0 Å². The van der Waals surface area contributed by atoms with Gasteiger partial charge in [0.05, 0.1) is 12.1 Å². The van der Waals surface area contributed by atoms with E-state index in [0.717, 1.165) is 18.7 Å². The molecule has 1 aromatic rings. The quantitative estimate of drug-likeness (QED) is 0.786. The standard InChI is InChI=1S/C11H17N3O/c1-8-10(3-5-12-8)11(15)7-9-4-6-14(2)13-9/h4,6,8,10,12H,3,5,7H2,1-2H3. The molecule has 0 amide bonds. The van der Waals surface area contributed by atoms with E-state index in [1.165, 1.54) is 0 Å². The van der Waals surface area contributed by atoms with Crippen molar-refractivity contribution >= 4 is 5.78 Å². The van der Waals surface area contributed by atoms with Gasteiger partial charge in [-0.15, -0.1) is 0 Å². The Morgan fingerprint density at radius 1 is 1.73 bits per heavy atom. The molecule has 1 aromatic heterocycles. The molecule has 0 spiro atoms. The number of ketones is 1. The van der Waals surface area contributed by atoms with Crippen LogP contribution in [0.15, 0.2) is 12.3 Å². The van der Waals surface area contributed by atoms with Crippen molar-refractivity contribution in [2.75, 3.05) is 6.54 Å². The van der Waals surface area contributed by atoms with Crippen molar-refractivity contribution in [1.82, 2.24) is 15.1 Å². The van der Waals surface area contributed by atoms with E-state index in [4.69, 9.17) is 0 Å². The summed E-state index contributed by atoms with van der Waals surface area (Å²) in [4.78, 5) is 11.9. The lowest BCUT2D eigenvalue weighted by Crippen LogP contribution is -2.29. The van der Waals surface area contributed by atoms with Gasteiger partial charge in [-0.3, -0.25) is 9.48 Å². The molecule has 0 saturated carbocycles. The van der Waals surface area contributed by atoms with Crippen LogP contribution in [0.5, 0.6) is 0 Å². The van der Waals surface area contributed by atoms with Crippen molar-refractivity contribution in [3.63, 3.8) is 0 Å². The molecule has 15 heavy (non-hydrogen) atoms. The minimum Gasteiger partial charge on any atom is -0.314 e. The number of aryl methyl sites for hydroxylation is 1. The Labute approximate surface area is 89.7 Å². The SMILES string of the molecule is CC1NCCC1C(=O)Cc1ccn(C)n1. The lowest BCUT2D eigenvalue weighted by molar-refractivity contribution is -0.122. The van der Waals surface area contributed by atoms with Crippen LogP contribution < -0.4 is 5.32 Å². The average molecular weight is 207 g/mol. The van der Waals surface area contributed by atoms with Crippen LogP contribution in [-0.2, 0) is 18.3 Å². The van der Waals surface area contributed by atoms with Crippen molar-refractivity contribution in [2.45, 2.75) is 25.8 Å². The van der Waals surface area contributed by atoms with Crippen LogP contribution in [0, 0.1) is 5.92 Å². The molecule has 0 aromatic carbocycles. The first kappa shape index (κ1) is 10.4. The topological polar surface area (TPSA) is 46.9 Å². The maximum Gasteiger partial charge on any atom is 0.143 e. The molecule has 1 aliphatic heterocycles. The summed E-state index contributed by atoms with van der Waals surface area (Å²) in [6, 6.07) is 2.23. The summed E-state index contributed by atoms with van der Waals surface area (Å²) in [7, 11) is 1.87. The van der Waals surface area contributed by atoms with Crippen molar-refractivity contribution in [3.8, 4) is 0 Å². The summed E-state index contributed by atoms with van der Waals surface area (Å²) in [5, 5.41) is 7.52. The first-order valence-corrected chi connectivity index (χ1v) is 5.41. The van der Waals surface area contributed by atoms with Crippen molar-refractivity contribution in [2.24, 2.45) is 13.0 Å². The van der Waals surface area contributed by atoms with E-state index in [1.807, 2.05) is 19.3 Å². The fraction of sp³-hybridized carbons (Fsp3) is 0.636. The first-order chi connectivity index (χ1) is 7.16. The van der Waals surface area contributed by atoms with Crippen LogP contribution in [-0.4, -0.2) is 28.2 Å². The molecule has 82 valence electrons. The van der Waals surface area contributed by atoms with E-state index >= 15 is 0 Å². The maximum absolute atomic E-state index is 11.9. The number of nitrogens with one attached hydrogen (secondary N) is 1. The van der Waals surface area contributed by atoms with Gasteiger partial charge in [0.2, 0.25) is 0 Å². The van der Waals surface area contributed by atoms with Crippen molar-refractivity contribution in [3.05, 3.63) is 18.0 Å². The fourth-order valence-electron chi connectivity index (χ4n) is 2.17. The molecule has 2 atom stereocenters. The third-order valence-electron chi connectivity index (χ3n) is 3.06. The minimum absolute atomic E-state index is 0.173. The highest BCUT2D eigenvalue weighted by Gasteiger charge is 2.29. The molecule has 4 heteroatoms. The summed E-state index contributed by atoms with van der Waals surface area (Å²) in [6.07, 6.45) is 3.31. The van der Waals surface area contributed by atoms with E-state index in [1.54, 1.807) is 4.68 Å². The highest BCUT2D eigenvalue weighted by Crippen LogP contribution is 2.17. The van der Waals surface area contributed by atoms with Crippen LogP contribution in [0.3, 0.4) is 0 Å². The number of rotatable bonds is 3. The van der Waals surface area contributed by atoms with E-state index in [0.29, 0.717) is 18.2 Å². The third-order valence-corrected chi connectivity index (χ3v) is 3.06. The van der Waals surface area contributed by atoms with Gasteiger partial charge in [-0.2, -0.15) is 5.10 Å². The molecule has 0 radical (unpaired) electrons. The molecular formula is C11H17N3O. The number of carbonyl (C=O) groups is 1. The molecule has 1 fully saturated rings. The first-order valence-electron chi connectivity index (χ1n) is 5.41. The van der Waals surface area contributed by atoms with Gasteiger partial charge in [-0.1, -0.05) is 0 Å². The fourth-order valence-corrected chi connectivity index (χ4v) is 2.17. The summed E-state index contributed by atoms with van der Waals surface area (Å²) >= 11 is 0. The van der Waals surface area contributed by atoms with Crippen molar-refractivity contribution in [1.29, 1.82) is 0 Å². The minimum atomic E-state index is 0.173. The lowest BCUT2D eigenvalue weighted by atomic mass is 9.94. The summed E-state index contributed by atoms with van der Waals surface area (Å²) in [6.45, 7) is 3.04. The lowest BCUT2D eigenvalue weighted by Gasteiger charge is -2.12. The van der Waals surface area contributed by atoms with Gasteiger partial charge in [-0.25, -0.2) is 0 Å². The Kier molecular flexibility index (Phi) is 2.86. The summed E-state index contributed by atoms with van der Waals surface area (Å²) in [5.41, 5.74) is 0.876. The predicted octanol–water partition coefficient (Wildman–Crippen LogP) is 0.530. The number of Topliss-reactive ketones (excluding diaryl/α,β-unsaturated/α-hetero) is 1. The third kappa shape index (κ3) is 2.26. The molecule has 2 rings (SSSR count). The van der Waals surface area contributed by atoms with Gasteiger partial charge >= 0.3 is 0 Å². The number of nitrogens with zero attached hydrogens (tertiary/aromatic N) is 2. The monoisotopic (exact) mass is 207 g/mol. The number of hydrogen-bond donors (Lipinski definition) is 1. The average Bonchev–Trinajstić information content (AvgIpc) is 2.75. The van der Waals surface area contributed by atoms with E-state index < -0.39 is 0 Å². The van der Waals surface area contributed by atoms with Gasteiger partial charge in [0, 0.05) is 25.2 Å². The number of hydrogen-bond acceptors (Lipinski definition) is 3. The molecule has 1 N–H and O–H groups in total. The van der Waals surface area contributed by atoms with E-state index in [-0.39, 0.29) is 5.92 Å². The summed E-state index contributed by atoms with van der Waals surface area (Å²) in [5.74, 6) is 0.484. The zero-order chi connectivity index (χ0) is 10.8. The molecular weight excluding hydrogens is 190 g/mol. The van der Waals surface area contributed by atoms with E-state index in [2.05, 4.69) is 17.3 Å². The Balaban J connectivity index is 1.97. The highest BCUT2D eigenvalue weighted by atomic mass is 16.1. The predicted molar refractivity (Wildman–Crippen MR) is 57.5 cm³/mol. The second-order valence-corrected chi connectivity index (χ2v) is 4.26. The van der Waals surface area contributed by atoms with Crippen LogP contribution >= 0.6 is 0 Å². The number of aromatic nitrogens is 2. The second kappa shape index (κ2) is 4.14. The molecule has 0 aliphatic carbocycles. The van der Waals surface area contributed by atoms with Gasteiger partial charge in [0.15, 0.2) is 0 Å². The second-order valence-electron chi connectivity index (χ2n) is 4.26. The Morgan fingerprint density at radius 2 is 2.53 bits per heavy atom. The van der Waals surface area contributed by atoms with Crippen LogP contribution in [0.1, 0.15) is 19.0 Å². The highest BCUT2D eigenvalue weighted by molar-refractivity contribution is 5.83. The zero-order valence-electron chi connectivity index (χ0n) is 9.23. The Morgan fingerprint density at radius 3 is 3.07 bits per heavy atom. The Bertz CT molecular complexity index is 358. The molecule has 2 heterocycles. The molecule has 0 bridgehead atoms. The smallest absolute Gasteiger partial charge is 0.143 e. The summed E-state index contributed by atoms with van der Waals surface area (Å²) < 4.78 is 1.74. The normalized spacial score (nSPS) is 25.7. The van der Waals surface area contributed by atoms with Crippen molar-refractivity contribution < 1.29 is 4.79 Å². The molecule has 4 nitrogen and oxygen atoms in total. The Hall–Kier alpha value is -1.16. The van der Waals surface area contributed by atoms with E-state index in [9.17, 15) is 4.79 Å². The zero-order valence-corrected chi connectivity index (χ0v) is 9.23. The number of carbonyl (C=O) groups excluding carboxylic acids is 1. The molecule has 2 unspecified atom stereocenters.